The summed E-state index contributed by atoms with van der Waals surface area (Å²) in [5.74, 6) is 0.268. The second-order valence-electron chi connectivity index (χ2n) is 4.12. The fourth-order valence-corrected chi connectivity index (χ4v) is 2.21. The van der Waals surface area contributed by atoms with E-state index in [9.17, 15) is 5.11 Å². The van der Waals surface area contributed by atoms with Crippen LogP contribution in [0.1, 0.15) is 23.7 Å². The Kier molecular flexibility index (Phi) is 1.97. The quantitative estimate of drug-likeness (QED) is 0.758. The van der Waals surface area contributed by atoms with Gasteiger partial charge in [0.1, 0.15) is 5.75 Å². The number of rotatable bonds is 1. The molecule has 1 unspecified atom stereocenters. The Bertz CT molecular complexity index is 516. The minimum absolute atomic E-state index is 0.126. The van der Waals surface area contributed by atoms with Crippen LogP contribution in [0.4, 0.5) is 0 Å². The van der Waals surface area contributed by atoms with Crippen LogP contribution in [-0.4, -0.2) is 14.9 Å². The molecular weight excluding hydrogens is 202 g/mol. The molecule has 4 nitrogen and oxygen atoms in total. The van der Waals surface area contributed by atoms with Gasteiger partial charge in [-0.1, -0.05) is 0 Å². The molecule has 1 aliphatic carbocycles. The average molecular weight is 215 g/mol. The van der Waals surface area contributed by atoms with E-state index in [1.807, 2.05) is 23.0 Å². The van der Waals surface area contributed by atoms with Crippen molar-refractivity contribution in [1.82, 2.24) is 9.78 Å². The van der Waals surface area contributed by atoms with Crippen molar-refractivity contribution >= 4 is 0 Å². The molecule has 4 heteroatoms. The molecule has 1 atom stereocenters. The summed E-state index contributed by atoms with van der Waals surface area (Å²) in [4.78, 5) is 0. The van der Waals surface area contributed by atoms with E-state index in [1.165, 1.54) is 5.69 Å². The predicted octanol–water partition coefficient (Wildman–Crippen LogP) is 1.52. The molecule has 1 aliphatic rings. The average Bonchev–Trinajstić information content (AvgIpc) is 2.84. The Morgan fingerprint density at radius 1 is 1.31 bits per heavy atom. The first-order valence-electron chi connectivity index (χ1n) is 5.37. The molecular formula is C12H13N3O. The highest BCUT2D eigenvalue weighted by Gasteiger charge is 2.23. The summed E-state index contributed by atoms with van der Waals surface area (Å²) in [6, 6.07) is 7.16. The number of nitrogens with zero attached hydrogens (tertiary/aromatic N) is 2. The topological polar surface area (TPSA) is 64.1 Å². The number of aromatic hydroxyl groups is 1. The molecule has 0 spiro atoms. The standard InChI is InChI=1S/C12H13N3O/c13-11-5-6-12-10(11)7-14-15(12)8-1-3-9(16)4-2-8/h1-4,7,11,16H,5-6,13H2. The maximum atomic E-state index is 9.24. The predicted molar refractivity (Wildman–Crippen MR) is 60.5 cm³/mol. The van der Waals surface area contributed by atoms with E-state index < -0.39 is 0 Å². The van der Waals surface area contributed by atoms with Gasteiger partial charge < -0.3 is 10.8 Å². The van der Waals surface area contributed by atoms with Crippen LogP contribution in [0.2, 0.25) is 0 Å². The highest BCUT2D eigenvalue weighted by molar-refractivity contribution is 5.40. The first-order valence-corrected chi connectivity index (χ1v) is 5.37. The van der Waals surface area contributed by atoms with Gasteiger partial charge in [-0.25, -0.2) is 4.68 Å². The van der Waals surface area contributed by atoms with Crippen molar-refractivity contribution in [2.45, 2.75) is 18.9 Å². The number of phenols is 1. The van der Waals surface area contributed by atoms with E-state index in [0.717, 1.165) is 24.1 Å². The van der Waals surface area contributed by atoms with Crippen LogP contribution in [0.3, 0.4) is 0 Å². The lowest BCUT2D eigenvalue weighted by molar-refractivity contribution is 0.475. The number of hydrogen-bond donors (Lipinski definition) is 2. The second kappa shape index (κ2) is 3.35. The molecule has 3 rings (SSSR count). The summed E-state index contributed by atoms with van der Waals surface area (Å²) in [7, 11) is 0. The van der Waals surface area contributed by atoms with E-state index in [1.54, 1.807) is 12.1 Å². The van der Waals surface area contributed by atoms with Crippen molar-refractivity contribution in [2.75, 3.05) is 0 Å². The van der Waals surface area contributed by atoms with Crippen molar-refractivity contribution in [3.63, 3.8) is 0 Å². The number of benzene rings is 1. The van der Waals surface area contributed by atoms with E-state index in [4.69, 9.17) is 5.73 Å². The Balaban J connectivity index is 2.08. The summed E-state index contributed by atoms with van der Waals surface area (Å²) >= 11 is 0. The third-order valence-electron chi connectivity index (χ3n) is 3.09. The minimum atomic E-state index is 0.126. The van der Waals surface area contributed by atoms with Crippen molar-refractivity contribution in [3.8, 4) is 11.4 Å². The molecule has 1 aromatic carbocycles. The minimum Gasteiger partial charge on any atom is -0.508 e. The fraction of sp³-hybridized carbons (Fsp3) is 0.250. The summed E-state index contributed by atoms with van der Waals surface area (Å²) in [5.41, 5.74) is 9.27. The highest BCUT2D eigenvalue weighted by atomic mass is 16.3. The van der Waals surface area contributed by atoms with E-state index in [0.29, 0.717) is 0 Å². The molecule has 82 valence electrons. The molecule has 2 aromatic rings. The number of nitrogens with two attached hydrogens (primary N) is 1. The molecule has 0 aliphatic heterocycles. The summed E-state index contributed by atoms with van der Waals surface area (Å²) < 4.78 is 1.90. The fourth-order valence-electron chi connectivity index (χ4n) is 2.21. The third kappa shape index (κ3) is 1.31. The molecule has 1 aromatic heterocycles. The molecule has 0 bridgehead atoms. The van der Waals surface area contributed by atoms with Crippen molar-refractivity contribution in [3.05, 3.63) is 41.7 Å². The Morgan fingerprint density at radius 2 is 2.06 bits per heavy atom. The summed E-state index contributed by atoms with van der Waals surface area (Å²) in [6.45, 7) is 0. The van der Waals surface area contributed by atoms with Gasteiger partial charge in [-0.2, -0.15) is 5.10 Å². The lowest BCUT2D eigenvalue weighted by atomic mass is 10.2. The van der Waals surface area contributed by atoms with Crippen molar-refractivity contribution in [1.29, 1.82) is 0 Å². The van der Waals surface area contributed by atoms with Crippen molar-refractivity contribution in [2.24, 2.45) is 5.73 Å². The third-order valence-corrected chi connectivity index (χ3v) is 3.09. The zero-order valence-electron chi connectivity index (χ0n) is 8.80. The van der Waals surface area contributed by atoms with Crippen LogP contribution >= 0.6 is 0 Å². The van der Waals surface area contributed by atoms with Crippen LogP contribution in [0.5, 0.6) is 5.75 Å². The normalized spacial score (nSPS) is 18.7. The van der Waals surface area contributed by atoms with Gasteiger partial charge in [0.2, 0.25) is 0 Å². The molecule has 0 fully saturated rings. The Morgan fingerprint density at radius 3 is 2.81 bits per heavy atom. The van der Waals surface area contributed by atoms with Gasteiger partial charge in [0.05, 0.1) is 11.9 Å². The van der Waals surface area contributed by atoms with Gasteiger partial charge in [0.25, 0.3) is 0 Å². The van der Waals surface area contributed by atoms with Crippen LogP contribution in [0.25, 0.3) is 5.69 Å². The van der Waals surface area contributed by atoms with Crippen LogP contribution in [0.15, 0.2) is 30.5 Å². The molecule has 1 heterocycles. The molecule has 16 heavy (non-hydrogen) atoms. The SMILES string of the molecule is NC1CCc2c1cnn2-c1ccc(O)cc1. The molecule has 0 saturated heterocycles. The summed E-state index contributed by atoms with van der Waals surface area (Å²) in [6.07, 6.45) is 3.81. The zero-order valence-corrected chi connectivity index (χ0v) is 8.80. The van der Waals surface area contributed by atoms with Crippen LogP contribution in [0, 0.1) is 0 Å². The molecule has 3 N–H and O–H groups in total. The van der Waals surface area contributed by atoms with Gasteiger partial charge in [-0.15, -0.1) is 0 Å². The lowest BCUT2D eigenvalue weighted by Gasteiger charge is -2.05. The monoisotopic (exact) mass is 215 g/mol. The van der Waals surface area contributed by atoms with Gasteiger partial charge in [0, 0.05) is 17.3 Å². The Labute approximate surface area is 93.3 Å². The zero-order chi connectivity index (χ0) is 11.1. The van der Waals surface area contributed by atoms with Gasteiger partial charge in [0.15, 0.2) is 0 Å². The number of fused-ring (bicyclic) bond motifs is 1. The first kappa shape index (κ1) is 9.42. The van der Waals surface area contributed by atoms with Crippen molar-refractivity contribution < 1.29 is 5.11 Å². The smallest absolute Gasteiger partial charge is 0.115 e. The summed E-state index contributed by atoms with van der Waals surface area (Å²) in [5, 5.41) is 13.6. The first-order chi connectivity index (χ1) is 7.75. The number of aromatic nitrogens is 2. The molecule has 0 amide bonds. The maximum Gasteiger partial charge on any atom is 0.115 e. The maximum absolute atomic E-state index is 9.24. The van der Waals surface area contributed by atoms with Crippen LogP contribution in [-0.2, 0) is 6.42 Å². The van der Waals surface area contributed by atoms with Gasteiger partial charge >= 0.3 is 0 Å². The lowest BCUT2D eigenvalue weighted by Crippen LogP contribution is -2.03. The van der Waals surface area contributed by atoms with E-state index in [-0.39, 0.29) is 11.8 Å². The largest absolute Gasteiger partial charge is 0.508 e. The number of hydrogen-bond acceptors (Lipinski definition) is 3. The second-order valence-corrected chi connectivity index (χ2v) is 4.12. The van der Waals surface area contributed by atoms with Crippen LogP contribution < -0.4 is 5.73 Å². The highest BCUT2D eigenvalue weighted by Crippen LogP contribution is 2.30. The van der Waals surface area contributed by atoms with Gasteiger partial charge in [-0.3, -0.25) is 0 Å². The number of phenolic OH excluding ortho intramolecular Hbond substituents is 1. The van der Waals surface area contributed by atoms with Gasteiger partial charge in [-0.05, 0) is 37.1 Å². The van der Waals surface area contributed by atoms with E-state index >= 15 is 0 Å². The van der Waals surface area contributed by atoms with E-state index in [2.05, 4.69) is 5.10 Å². The molecule has 0 saturated carbocycles. The Hall–Kier alpha value is -1.81. The molecule has 0 radical (unpaired) electrons.